The summed E-state index contributed by atoms with van der Waals surface area (Å²) in [5, 5.41) is 25.0. The number of rotatable bonds is 4. The first-order valence-corrected chi connectivity index (χ1v) is 7.00. The highest BCUT2D eigenvalue weighted by molar-refractivity contribution is 5.94. The van der Waals surface area contributed by atoms with Crippen molar-refractivity contribution in [3.8, 4) is 0 Å². The van der Waals surface area contributed by atoms with Crippen LogP contribution in [0.25, 0.3) is 0 Å². The first-order chi connectivity index (χ1) is 10.4. The molecular weight excluding hydrogens is 290 g/mol. The molecule has 1 aliphatic carbocycles. The van der Waals surface area contributed by atoms with Gasteiger partial charge in [-0.3, -0.25) is 10.1 Å². The number of hydrogen-bond donors (Lipinski definition) is 3. The third-order valence-electron chi connectivity index (χ3n) is 3.81. The van der Waals surface area contributed by atoms with Crippen molar-refractivity contribution < 1.29 is 19.6 Å². The second-order valence-electron chi connectivity index (χ2n) is 5.33. The van der Waals surface area contributed by atoms with Crippen LogP contribution in [0.5, 0.6) is 0 Å². The minimum Gasteiger partial charge on any atom is -0.480 e. The summed E-state index contributed by atoms with van der Waals surface area (Å²) in [5.41, 5.74) is -0.956. The Morgan fingerprint density at radius 2 is 1.73 bits per heavy atom. The molecule has 0 spiro atoms. The average molecular weight is 307 g/mol. The number of nitro benzene ring substituents is 1. The lowest BCUT2D eigenvalue weighted by Gasteiger charge is -2.33. The fraction of sp³-hybridized carbons (Fsp3) is 0.429. The predicted molar refractivity (Wildman–Crippen MR) is 78.7 cm³/mol. The number of carbonyl (C=O) groups excluding carboxylic acids is 1. The second kappa shape index (κ2) is 6.42. The maximum Gasteiger partial charge on any atom is 0.329 e. The van der Waals surface area contributed by atoms with Gasteiger partial charge in [0.05, 0.1) is 4.92 Å². The number of nitro groups is 1. The molecule has 8 nitrogen and oxygen atoms in total. The number of non-ortho nitro benzene ring substituents is 1. The average Bonchev–Trinajstić information content (AvgIpc) is 2.48. The van der Waals surface area contributed by atoms with E-state index in [9.17, 15) is 24.8 Å². The lowest BCUT2D eigenvalue weighted by Crippen LogP contribution is -2.56. The SMILES string of the molecule is O=C(Nc1ccc([N+](=O)[O-])cc1)NC1(C(=O)O)CCCCC1. The lowest BCUT2D eigenvalue weighted by molar-refractivity contribution is -0.384. The molecule has 1 aromatic rings. The minimum atomic E-state index is -1.23. The normalized spacial score (nSPS) is 16.5. The monoisotopic (exact) mass is 307 g/mol. The van der Waals surface area contributed by atoms with E-state index in [4.69, 9.17) is 0 Å². The summed E-state index contributed by atoms with van der Waals surface area (Å²) in [6.07, 6.45) is 3.26. The highest BCUT2D eigenvalue weighted by Gasteiger charge is 2.40. The molecule has 2 amide bonds. The maximum atomic E-state index is 12.0. The summed E-state index contributed by atoms with van der Waals surface area (Å²) >= 11 is 0. The molecule has 0 aromatic heterocycles. The van der Waals surface area contributed by atoms with Gasteiger partial charge in [0.2, 0.25) is 0 Å². The Kier molecular flexibility index (Phi) is 4.59. The van der Waals surface area contributed by atoms with E-state index in [-0.39, 0.29) is 5.69 Å². The Morgan fingerprint density at radius 1 is 1.14 bits per heavy atom. The van der Waals surface area contributed by atoms with E-state index < -0.39 is 22.5 Å². The van der Waals surface area contributed by atoms with Crippen LogP contribution in [0, 0.1) is 10.1 Å². The van der Waals surface area contributed by atoms with Crippen molar-refractivity contribution >= 4 is 23.4 Å². The van der Waals surface area contributed by atoms with Crippen LogP contribution >= 0.6 is 0 Å². The summed E-state index contributed by atoms with van der Waals surface area (Å²) in [7, 11) is 0. The first-order valence-electron chi connectivity index (χ1n) is 7.00. The van der Waals surface area contributed by atoms with Crippen LogP contribution in [0.15, 0.2) is 24.3 Å². The van der Waals surface area contributed by atoms with Gasteiger partial charge in [-0.1, -0.05) is 19.3 Å². The number of hydrogen-bond acceptors (Lipinski definition) is 4. The summed E-state index contributed by atoms with van der Waals surface area (Å²) < 4.78 is 0. The Hall–Kier alpha value is -2.64. The van der Waals surface area contributed by atoms with Crippen molar-refractivity contribution in [3.05, 3.63) is 34.4 Å². The fourth-order valence-electron chi connectivity index (χ4n) is 2.59. The highest BCUT2D eigenvalue weighted by Crippen LogP contribution is 2.28. The highest BCUT2D eigenvalue weighted by atomic mass is 16.6. The molecule has 8 heteroatoms. The van der Waals surface area contributed by atoms with Crippen LogP contribution in [-0.2, 0) is 4.79 Å². The number of aliphatic carboxylic acids is 1. The van der Waals surface area contributed by atoms with Crippen LogP contribution in [-0.4, -0.2) is 27.6 Å². The maximum absolute atomic E-state index is 12.0. The van der Waals surface area contributed by atoms with Crippen LogP contribution < -0.4 is 10.6 Å². The number of nitrogens with one attached hydrogen (secondary N) is 2. The van der Waals surface area contributed by atoms with E-state index in [2.05, 4.69) is 10.6 Å². The molecule has 22 heavy (non-hydrogen) atoms. The minimum absolute atomic E-state index is 0.0831. The summed E-state index contributed by atoms with van der Waals surface area (Å²) in [6.45, 7) is 0. The zero-order valence-corrected chi connectivity index (χ0v) is 11.9. The molecule has 0 atom stereocenters. The standard InChI is InChI=1S/C14H17N3O5/c18-12(19)14(8-2-1-3-9-14)16-13(20)15-10-4-6-11(7-5-10)17(21)22/h4-7H,1-3,8-9H2,(H,18,19)(H2,15,16,20). The molecule has 1 saturated carbocycles. The van der Waals surface area contributed by atoms with Gasteiger partial charge in [0, 0.05) is 17.8 Å². The van der Waals surface area contributed by atoms with Crippen molar-refractivity contribution in [2.24, 2.45) is 0 Å². The Balaban J connectivity index is 2.02. The molecule has 0 aliphatic heterocycles. The number of amides is 2. The number of urea groups is 1. The smallest absolute Gasteiger partial charge is 0.329 e. The lowest BCUT2D eigenvalue weighted by atomic mass is 9.82. The van der Waals surface area contributed by atoms with E-state index >= 15 is 0 Å². The molecule has 0 heterocycles. The van der Waals surface area contributed by atoms with Crippen molar-refractivity contribution in [1.29, 1.82) is 0 Å². The molecule has 118 valence electrons. The van der Waals surface area contributed by atoms with Gasteiger partial charge in [-0.15, -0.1) is 0 Å². The Bertz CT molecular complexity index is 579. The molecule has 2 rings (SSSR count). The van der Waals surface area contributed by atoms with Crippen LogP contribution in [0.1, 0.15) is 32.1 Å². The number of anilines is 1. The van der Waals surface area contributed by atoms with Crippen LogP contribution in [0.3, 0.4) is 0 Å². The zero-order valence-electron chi connectivity index (χ0n) is 11.9. The number of carbonyl (C=O) groups is 2. The molecule has 0 unspecified atom stereocenters. The number of benzene rings is 1. The largest absolute Gasteiger partial charge is 0.480 e. The van der Waals surface area contributed by atoms with Gasteiger partial charge in [-0.25, -0.2) is 9.59 Å². The van der Waals surface area contributed by atoms with Gasteiger partial charge >= 0.3 is 12.0 Å². The van der Waals surface area contributed by atoms with Crippen molar-refractivity contribution in [2.45, 2.75) is 37.6 Å². The van der Waals surface area contributed by atoms with Crippen molar-refractivity contribution in [2.75, 3.05) is 5.32 Å². The van der Waals surface area contributed by atoms with Gasteiger partial charge in [-0.2, -0.15) is 0 Å². The Labute approximate surface area is 126 Å². The zero-order chi connectivity index (χ0) is 16.2. The van der Waals surface area contributed by atoms with E-state index in [1.165, 1.54) is 24.3 Å². The molecule has 1 fully saturated rings. The van der Waals surface area contributed by atoms with E-state index in [1.807, 2.05) is 0 Å². The quantitative estimate of drug-likeness (QED) is 0.582. The molecular formula is C14H17N3O5. The van der Waals surface area contributed by atoms with Crippen molar-refractivity contribution in [3.63, 3.8) is 0 Å². The molecule has 0 bridgehead atoms. The van der Waals surface area contributed by atoms with Crippen LogP contribution in [0.4, 0.5) is 16.2 Å². The van der Waals surface area contributed by atoms with E-state index in [0.29, 0.717) is 18.5 Å². The summed E-state index contributed by atoms with van der Waals surface area (Å²) in [5.74, 6) is -1.04. The molecule has 1 aliphatic rings. The third-order valence-corrected chi connectivity index (χ3v) is 3.81. The predicted octanol–water partition coefficient (Wildman–Crippen LogP) is 2.50. The molecule has 0 radical (unpaired) electrons. The molecule has 1 aromatic carbocycles. The van der Waals surface area contributed by atoms with Gasteiger partial charge in [0.25, 0.3) is 5.69 Å². The second-order valence-corrected chi connectivity index (χ2v) is 5.33. The fourth-order valence-corrected chi connectivity index (χ4v) is 2.59. The molecule has 3 N–H and O–H groups in total. The first kappa shape index (κ1) is 15.7. The van der Waals surface area contributed by atoms with E-state index in [0.717, 1.165) is 19.3 Å². The third kappa shape index (κ3) is 3.51. The number of carboxylic acids is 1. The van der Waals surface area contributed by atoms with Crippen LogP contribution in [0.2, 0.25) is 0 Å². The topological polar surface area (TPSA) is 122 Å². The number of carboxylic acid groups (broad SMARTS) is 1. The number of nitrogens with zero attached hydrogens (tertiary/aromatic N) is 1. The summed E-state index contributed by atoms with van der Waals surface area (Å²) in [6, 6.07) is 4.70. The van der Waals surface area contributed by atoms with Gasteiger partial charge in [-0.05, 0) is 25.0 Å². The molecule has 0 saturated heterocycles. The van der Waals surface area contributed by atoms with Gasteiger partial charge < -0.3 is 15.7 Å². The van der Waals surface area contributed by atoms with Gasteiger partial charge in [0.1, 0.15) is 5.54 Å². The van der Waals surface area contributed by atoms with E-state index in [1.54, 1.807) is 0 Å². The van der Waals surface area contributed by atoms with Gasteiger partial charge in [0.15, 0.2) is 0 Å². The Morgan fingerprint density at radius 3 is 2.23 bits per heavy atom. The summed E-state index contributed by atoms with van der Waals surface area (Å²) in [4.78, 5) is 33.5. The van der Waals surface area contributed by atoms with Crippen molar-refractivity contribution in [1.82, 2.24) is 5.32 Å².